The van der Waals surface area contributed by atoms with Crippen LogP contribution in [0, 0.1) is 0 Å². The molecule has 0 N–H and O–H groups in total. The first-order chi connectivity index (χ1) is 12.0. The van der Waals surface area contributed by atoms with Crippen molar-refractivity contribution in [3.05, 3.63) is 57.8 Å². The average molecular weight is 356 g/mol. The van der Waals surface area contributed by atoms with Gasteiger partial charge < -0.3 is 9.80 Å². The maximum Gasteiger partial charge on any atom is 0.264 e. The zero-order valence-electron chi connectivity index (χ0n) is 14.8. The third-order valence-corrected chi connectivity index (χ3v) is 5.51. The summed E-state index contributed by atoms with van der Waals surface area (Å²) in [6, 6.07) is 12.0. The Kier molecular flexibility index (Phi) is 5.53. The zero-order valence-corrected chi connectivity index (χ0v) is 15.6. The molecule has 0 radical (unpaired) electrons. The fourth-order valence-corrected chi connectivity index (χ4v) is 3.71. The van der Waals surface area contributed by atoms with Crippen LogP contribution in [0.5, 0.6) is 0 Å². The van der Waals surface area contributed by atoms with E-state index in [1.54, 1.807) is 0 Å². The Hall–Kier alpha value is -2.14. The second-order valence-corrected chi connectivity index (χ2v) is 7.67. The second-order valence-electron chi connectivity index (χ2n) is 6.72. The highest BCUT2D eigenvalue weighted by molar-refractivity contribution is 7.12. The summed E-state index contributed by atoms with van der Waals surface area (Å²) >= 11 is 1.46. The van der Waals surface area contributed by atoms with Crippen molar-refractivity contribution >= 4 is 23.2 Å². The Morgan fingerprint density at radius 1 is 1.00 bits per heavy atom. The van der Waals surface area contributed by atoms with Gasteiger partial charge in [-0.1, -0.05) is 44.2 Å². The standard InChI is InChI=1S/C20H24N2O2S/c1-15(2)17-7-5-16(6-8-17)14-19(23)21-9-11-22(12-10-21)20(24)18-4-3-13-25-18/h3-8,13,15H,9-12,14H2,1-2H3. The highest BCUT2D eigenvalue weighted by Gasteiger charge is 2.25. The first kappa shape index (κ1) is 17.7. The summed E-state index contributed by atoms with van der Waals surface area (Å²) in [6.45, 7) is 6.76. The molecule has 1 fully saturated rings. The van der Waals surface area contributed by atoms with Crippen LogP contribution < -0.4 is 0 Å². The molecule has 0 bridgehead atoms. The van der Waals surface area contributed by atoms with Crippen LogP contribution in [0.2, 0.25) is 0 Å². The minimum absolute atomic E-state index is 0.0753. The number of hydrogen-bond acceptors (Lipinski definition) is 3. The Bertz CT molecular complexity index is 715. The number of thiophene rings is 1. The molecular formula is C20H24N2O2S. The Balaban J connectivity index is 1.52. The lowest BCUT2D eigenvalue weighted by molar-refractivity contribution is -0.131. The maximum atomic E-state index is 12.5. The van der Waals surface area contributed by atoms with Gasteiger partial charge in [0.2, 0.25) is 5.91 Å². The van der Waals surface area contributed by atoms with E-state index in [4.69, 9.17) is 0 Å². The van der Waals surface area contributed by atoms with Gasteiger partial charge in [-0.2, -0.15) is 0 Å². The van der Waals surface area contributed by atoms with Gasteiger partial charge in [0.25, 0.3) is 5.91 Å². The summed E-state index contributed by atoms with van der Waals surface area (Å²) in [7, 11) is 0. The van der Waals surface area contributed by atoms with Gasteiger partial charge in [-0.05, 0) is 28.5 Å². The molecule has 0 spiro atoms. The van der Waals surface area contributed by atoms with E-state index >= 15 is 0 Å². The third-order valence-electron chi connectivity index (χ3n) is 4.65. The number of benzene rings is 1. The van der Waals surface area contributed by atoms with E-state index in [-0.39, 0.29) is 11.8 Å². The lowest BCUT2D eigenvalue weighted by atomic mass is 10.0. The molecule has 0 saturated carbocycles. The topological polar surface area (TPSA) is 40.6 Å². The van der Waals surface area contributed by atoms with Crippen LogP contribution in [0.3, 0.4) is 0 Å². The van der Waals surface area contributed by atoms with Gasteiger partial charge in [0, 0.05) is 26.2 Å². The van der Waals surface area contributed by atoms with E-state index in [1.807, 2.05) is 39.4 Å². The maximum absolute atomic E-state index is 12.5. The fourth-order valence-electron chi connectivity index (χ4n) is 3.02. The molecule has 5 heteroatoms. The van der Waals surface area contributed by atoms with Crippen LogP contribution in [0.25, 0.3) is 0 Å². The molecule has 2 amide bonds. The van der Waals surface area contributed by atoms with Gasteiger partial charge in [0.05, 0.1) is 11.3 Å². The van der Waals surface area contributed by atoms with Gasteiger partial charge in [0.15, 0.2) is 0 Å². The molecule has 1 aliphatic heterocycles. The molecule has 4 nitrogen and oxygen atoms in total. The Morgan fingerprint density at radius 2 is 1.64 bits per heavy atom. The number of amides is 2. The summed E-state index contributed by atoms with van der Waals surface area (Å²) < 4.78 is 0. The van der Waals surface area contributed by atoms with E-state index in [2.05, 4.69) is 26.0 Å². The van der Waals surface area contributed by atoms with Crippen molar-refractivity contribution in [3.8, 4) is 0 Å². The van der Waals surface area contributed by atoms with E-state index in [1.165, 1.54) is 16.9 Å². The number of hydrogen-bond donors (Lipinski definition) is 0. The Morgan fingerprint density at radius 3 is 2.20 bits per heavy atom. The normalized spacial score (nSPS) is 14.8. The van der Waals surface area contributed by atoms with Crippen molar-refractivity contribution in [2.45, 2.75) is 26.2 Å². The van der Waals surface area contributed by atoms with Gasteiger partial charge >= 0.3 is 0 Å². The molecule has 2 heterocycles. The van der Waals surface area contributed by atoms with Gasteiger partial charge in [0.1, 0.15) is 0 Å². The monoisotopic (exact) mass is 356 g/mol. The molecule has 25 heavy (non-hydrogen) atoms. The van der Waals surface area contributed by atoms with Crippen LogP contribution in [-0.2, 0) is 11.2 Å². The lowest BCUT2D eigenvalue weighted by Crippen LogP contribution is -2.50. The SMILES string of the molecule is CC(C)c1ccc(CC(=O)N2CCN(C(=O)c3cccs3)CC2)cc1. The smallest absolute Gasteiger partial charge is 0.264 e. The summed E-state index contributed by atoms with van der Waals surface area (Å²) in [5, 5.41) is 1.91. The summed E-state index contributed by atoms with van der Waals surface area (Å²) in [5.74, 6) is 0.714. The highest BCUT2D eigenvalue weighted by Crippen LogP contribution is 2.17. The first-order valence-corrected chi connectivity index (χ1v) is 9.62. The predicted molar refractivity (Wildman–Crippen MR) is 101 cm³/mol. The largest absolute Gasteiger partial charge is 0.339 e. The van der Waals surface area contributed by atoms with Crippen molar-refractivity contribution in [2.75, 3.05) is 26.2 Å². The molecule has 1 saturated heterocycles. The Labute approximate surface area is 153 Å². The van der Waals surface area contributed by atoms with E-state index in [0.717, 1.165) is 10.4 Å². The minimum Gasteiger partial charge on any atom is -0.339 e. The van der Waals surface area contributed by atoms with Crippen molar-refractivity contribution in [3.63, 3.8) is 0 Å². The van der Waals surface area contributed by atoms with Gasteiger partial charge in [-0.3, -0.25) is 9.59 Å². The molecule has 3 rings (SSSR count). The summed E-state index contributed by atoms with van der Waals surface area (Å²) in [4.78, 5) is 29.3. The second kappa shape index (κ2) is 7.83. The highest BCUT2D eigenvalue weighted by atomic mass is 32.1. The quantitative estimate of drug-likeness (QED) is 0.842. The summed E-state index contributed by atoms with van der Waals surface area (Å²) in [6.07, 6.45) is 0.428. The van der Waals surface area contributed by atoms with E-state index in [0.29, 0.717) is 38.5 Å². The molecular weight excluding hydrogens is 332 g/mol. The molecule has 1 aromatic carbocycles. The van der Waals surface area contributed by atoms with Crippen LogP contribution >= 0.6 is 11.3 Å². The van der Waals surface area contributed by atoms with Crippen LogP contribution in [0.15, 0.2) is 41.8 Å². The zero-order chi connectivity index (χ0) is 17.8. The molecule has 0 aliphatic carbocycles. The van der Waals surface area contributed by atoms with Crippen molar-refractivity contribution in [1.29, 1.82) is 0 Å². The average Bonchev–Trinajstić information content (AvgIpc) is 3.16. The van der Waals surface area contributed by atoms with Crippen LogP contribution in [0.1, 0.15) is 40.6 Å². The minimum atomic E-state index is 0.0753. The predicted octanol–water partition coefficient (Wildman–Crippen LogP) is 3.40. The lowest BCUT2D eigenvalue weighted by Gasteiger charge is -2.34. The van der Waals surface area contributed by atoms with Crippen molar-refractivity contribution < 1.29 is 9.59 Å². The van der Waals surface area contributed by atoms with Gasteiger partial charge in [-0.25, -0.2) is 0 Å². The number of carbonyl (C=O) groups excluding carboxylic acids is 2. The number of rotatable bonds is 4. The third kappa shape index (κ3) is 4.28. The molecule has 2 aromatic rings. The van der Waals surface area contributed by atoms with E-state index < -0.39 is 0 Å². The van der Waals surface area contributed by atoms with Gasteiger partial charge in [-0.15, -0.1) is 11.3 Å². The molecule has 132 valence electrons. The number of piperazine rings is 1. The molecule has 1 aromatic heterocycles. The summed E-state index contributed by atoms with van der Waals surface area (Å²) in [5.41, 5.74) is 2.34. The number of carbonyl (C=O) groups is 2. The number of nitrogens with zero attached hydrogens (tertiary/aromatic N) is 2. The fraction of sp³-hybridized carbons (Fsp3) is 0.400. The molecule has 1 aliphatic rings. The first-order valence-electron chi connectivity index (χ1n) is 8.74. The molecule has 0 unspecified atom stereocenters. The van der Waals surface area contributed by atoms with Crippen LogP contribution in [-0.4, -0.2) is 47.8 Å². The van der Waals surface area contributed by atoms with Crippen molar-refractivity contribution in [2.24, 2.45) is 0 Å². The van der Waals surface area contributed by atoms with Crippen LogP contribution in [0.4, 0.5) is 0 Å². The molecule has 0 atom stereocenters. The van der Waals surface area contributed by atoms with E-state index in [9.17, 15) is 9.59 Å². The van der Waals surface area contributed by atoms with Crippen molar-refractivity contribution in [1.82, 2.24) is 9.80 Å².